The van der Waals surface area contributed by atoms with Crippen molar-refractivity contribution in [3.63, 3.8) is 0 Å². The van der Waals surface area contributed by atoms with Crippen LogP contribution in [0.15, 0.2) is 79.0 Å². The van der Waals surface area contributed by atoms with Crippen LogP contribution >= 0.6 is 34.8 Å². The lowest BCUT2D eigenvalue weighted by molar-refractivity contribution is 0.104. The molecule has 1 N–H and O–H groups in total. The molecule has 0 aliphatic carbocycles. The molecule has 0 amide bonds. The summed E-state index contributed by atoms with van der Waals surface area (Å²) in [6, 6.07) is 20.1. The van der Waals surface area contributed by atoms with Crippen LogP contribution in [0, 0.1) is 0 Å². The fourth-order valence-corrected chi connectivity index (χ4v) is 3.68. The molecule has 0 aliphatic rings. The number of fused-ring (bicyclic) bond motifs is 1. The van der Waals surface area contributed by atoms with Crippen LogP contribution in [0.1, 0.15) is 15.9 Å². The number of pyridine rings is 1. The summed E-state index contributed by atoms with van der Waals surface area (Å²) in [7, 11) is 0. The minimum atomic E-state index is -0.180. The third kappa shape index (κ3) is 4.65. The second-order valence-corrected chi connectivity index (χ2v) is 7.87. The zero-order valence-electron chi connectivity index (χ0n) is 15.6. The lowest BCUT2D eigenvalue weighted by atomic mass is 10.1. The summed E-state index contributed by atoms with van der Waals surface area (Å²) in [5, 5.41) is 5.86. The van der Waals surface area contributed by atoms with E-state index in [1.807, 2.05) is 48.5 Å². The Morgan fingerprint density at radius 2 is 1.60 bits per heavy atom. The van der Waals surface area contributed by atoms with Crippen LogP contribution in [0.5, 0.6) is 0 Å². The Morgan fingerprint density at radius 1 is 0.867 bits per heavy atom. The highest BCUT2D eigenvalue weighted by molar-refractivity contribution is 6.37. The van der Waals surface area contributed by atoms with E-state index in [-0.39, 0.29) is 5.78 Å². The lowest BCUT2D eigenvalue weighted by Gasteiger charge is -2.10. The fourth-order valence-electron chi connectivity index (χ4n) is 3.01. The highest BCUT2D eigenvalue weighted by atomic mass is 35.5. The number of halogens is 3. The number of carbonyl (C=O) groups is 1. The van der Waals surface area contributed by atoms with Gasteiger partial charge in [0.2, 0.25) is 0 Å². The van der Waals surface area contributed by atoms with Gasteiger partial charge in [-0.2, -0.15) is 0 Å². The molecule has 4 aromatic rings. The summed E-state index contributed by atoms with van der Waals surface area (Å²) < 4.78 is 0. The van der Waals surface area contributed by atoms with Crippen molar-refractivity contribution in [2.45, 2.75) is 0 Å². The van der Waals surface area contributed by atoms with Gasteiger partial charge >= 0.3 is 0 Å². The zero-order chi connectivity index (χ0) is 21.1. The Balaban J connectivity index is 1.49. The van der Waals surface area contributed by atoms with Gasteiger partial charge in [0.15, 0.2) is 5.78 Å². The van der Waals surface area contributed by atoms with E-state index in [4.69, 9.17) is 34.8 Å². The smallest absolute Gasteiger partial charge is 0.187 e. The zero-order valence-corrected chi connectivity index (χ0v) is 17.8. The average Bonchev–Trinajstić information content (AvgIpc) is 2.73. The van der Waals surface area contributed by atoms with Crippen LogP contribution in [-0.4, -0.2) is 10.8 Å². The third-order valence-corrected chi connectivity index (χ3v) is 5.30. The lowest BCUT2D eigenvalue weighted by Crippen LogP contribution is -1.95. The quantitative estimate of drug-likeness (QED) is 0.247. The third-order valence-electron chi connectivity index (χ3n) is 4.52. The predicted octanol–water partition coefficient (Wildman–Crippen LogP) is 7.83. The van der Waals surface area contributed by atoms with Crippen molar-refractivity contribution in [2.75, 3.05) is 5.32 Å². The summed E-state index contributed by atoms with van der Waals surface area (Å²) in [4.78, 5) is 16.7. The maximum Gasteiger partial charge on any atom is 0.187 e. The molecule has 0 atom stereocenters. The number of carbonyl (C=O) groups excluding carboxylic acids is 1. The number of nitrogens with zero attached hydrogens (tertiary/aromatic N) is 1. The Morgan fingerprint density at radius 3 is 2.37 bits per heavy atom. The van der Waals surface area contributed by atoms with Gasteiger partial charge in [-0.3, -0.25) is 9.78 Å². The molecule has 148 valence electrons. The first-order valence-corrected chi connectivity index (χ1v) is 10.2. The number of ketones is 1. The van der Waals surface area contributed by atoms with Crippen molar-refractivity contribution in [1.82, 2.24) is 4.98 Å². The molecule has 0 saturated carbocycles. The van der Waals surface area contributed by atoms with E-state index in [1.54, 1.807) is 30.5 Å². The fraction of sp³-hybridized carbons (Fsp3) is 0. The van der Waals surface area contributed by atoms with Gasteiger partial charge in [-0.15, -0.1) is 0 Å². The molecule has 30 heavy (non-hydrogen) atoms. The number of allylic oxidation sites excluding steroid dienone is 1. The first-order chi connectivity index (χ1) is 14.5. The number of aromatic nitrogens is 1. The minimum absolute atomic E-state index is 0.180. The van der Waals surface area contributed by atoms with Crippen LogP contribution in [0.3, 0.4) is 0 Å². The topological polar surface area (TPSA) is 42.0 Å². The number of hydrogen-bond acceptors (Lipinski definition) is 3. The van der Waals surface area contributed by atoms with Gasteiger partial charge in [0, 0.05) is 38.6 Å². The number of nitrogens with one attached hydrogen (secondary N) is 1. The number of benzene rings is 3. The van der Waals surface area contributed by atoms with Crippen LogP contribution in [0.25, 0.3) is 17.0 Å². The molecule has 3 aromatic carbocycles. The van der Waals surface area contributed by atoms with Gasteiger partial charge in [-0.25, -0.2) is 0 Å². The molecule has 1 aromatic heterocycles. The number of anilines is 2. The van der Waals surface area contributed by atoms with E-state index < -0.39 is 0 Å². The normalized spacial score (nSPS) is 11.2. The Labute approximate surface area is 188 Å². The second-order valence-electron chi connectivity index (χ2n) is 6.59. The molecule has 0 bridgehead atoms. The molecule has 4 rings (SSSR count). The highest BCUT2D eigenvalue weighted by Gasteiger charge is 2.08. The summed E-state index contributed by atoms with van der Waals surface area (Å²) in [5.74, 6) is -0.180. The highest BCUT2D eigenvalue weighted by Crippen LogP contribution is 2.27. The summed E-state index contributed by atoms with van der Waals surface area (Å²) >= 11 is 18.0. The summed E-state index contributed by atoms with van der Waals surface area (Å²) in [6.07, 6.45) is 4.99. The predicted molar refractivity (Wildman–Crippen MR) is 126 cm³/mol. The Hall–Kier alpha value is -2.85. The van der Waals surface area contributed by atoms with Crippen molar-refractivity contribution < 1.29 is 4.79 Å². The van der Waals surface area contributed by atoms with E-state index in [2.05, 4.69) is 10.3 Å². The van der Waals surface area contributed by atoms with Crippen molar-refractivity contribution >= 4 is 68.9 Å². The van der Waals surface area contributed by atoms with Gasteiger partial charge in [0.25, 0.3) is 0 Å². The summed E-state index contributed by atoms with van der Waals surface area (Å²) in [6.45, 7) is 0. The van der Waals surface area contributed by atoms with E-state index in [1.165, 1.54) is 6.08 Å². The Kier molecular flexibility index (Phi) is 6.05. The molecule has 0 unspecified atom stereocenters. The molecule has 0 radical (unpaired) electrons. The van der Waals surface area contributed by atoms with Crippen LogP contribution < -0.4 is 5.32 Å². The standard InChI is InChI=1S/C24H15Cl3N2O/c25-16-4-8-19(21(27)13-16)24(30)10-3-15-1-6-18(7-2-15)29-22-11-12-28-23-14-17(26)5-9-20(22)23/h1-14H,(H,28,29). The first kappa shape index (κ1) is 20.4. The van der Waals surface area contributed by atoms with Crippen LogP contribution in [0.4, 0.5) is 11.4 Å². The van der Waals surface area contributed by atoms with Gasteiger partial charge in [-0.05, 0) is 66.2 Å². The SMILES string of the molecule is O=C(C=Cc1ccc(Nc2ccnc3cc(Cl)ccc23)cc1)c1ccc(Cl)cc1Cl. The van der Waals surface area contributed by atoms with E-state index in [0.717, 1.165) is 27.8 Å². The van der Waals surface area contributed by atoms with Crippen molar-refractivity contribution in [3.8, 4) is 0 Å². The molecule has 3 nitrogen and oxygen atoms in total. The number of rotatable bonds is 5. The van der Waals surface area contributed by atoms with E-state index in [0.29, 0.717) is 20.6 Å². The van der Waals surface area contributed by atoms with E-state index in [9.17, 15) is 4.79 Å². The molecule has 0 saturated heterocycles. The van der Waals surface area contributed by atoms with Gasteiger partial charge < -0.3 is 5.32 Å². The van der Waals surface area contributed by atoms with Crippen LogP contribution in [-0.2, 0) is 0 Å². The largest absolute Gasteiger partial charge is 0.355 e. The monoisotopic (exact) mass is 452 g/mol. The van der Waals surface area contributed by atoms with Crippen LogP contribution in [0.2, 0.25) is 15.1 Å². The van der Waals surface area contributed by atoms with Crippen molar-refractivity contribution in [3.05, 3.63) is 105 Å². The Bertz CT molecular complexity index is 1270. The molecular formula is C24H15Cl3N2O. The molecular weight excluding hydrogens is 439 g/mol. The van der Waals surface area contributed by atoms with Gasteiger partial charge in [-0.1, -0.05) is 53.0 Å². The summed E-state index contributed by atoms with van der Waals surface area (Å²) in [5.41, 5.74) is 3.99. The van der Waals surface area contributed by atoms with Gasteiger partial charge in [0.05, 0.1) is 10.5 Å². The molecule has 1 heterocycles. The second kappa shape index (κ2) is 8.88. The maximum absolute atomic E-state index is 12.4. The van der Waals surface area contributed by atoms with Crippen molar-refractivity contribution in [1.29, 1.82) is 0 Å². The molecule has 6 heteroatoms. The van der Waals surface area contributed by atoms with Crippen molar-refractivity contribution in [2.24, 2.45) is 0 Å². The van der Waals surface area contributed by atoms with Gasteiger partial charge in [0.1, 0.15) is 0 Å². The molecule has 0 spiro atoms. The van der Waals surface area contributed by atoms with E-state index >= 15 is 0 Å². The first-order valence-electron chi connectivity index (χ1n) is 9.08. The average molecular weight is 454 g/mol. The maximum atomic E-state index is 12.4. The number of hydrogen-bond donors (Lipinski definition) is 1. The molecule has 0 aliphatic heterocycles. The minimum Gasteiger partial charge on any atom is -0.355 e. The molecule has 0 fully saturated rings.